The SMILES string of the molecule is CCN(CC)CCN(C(=O)c1ccc(C(F)(F)F)cc1)c1nc2ccc(Cl)cc2s1. The van der Waals surface area contributed by atoms with Gasteiger partial charge in [-0.2, -0.15) is 13.2 Å². The fourth-order valence-corrected chi connectivity index (χ4v) is 4.29. The predicted octanol–water partition coefficient (Wildman–Crippen LogP) is 5.96. The molecule has 0 fully saturated rings. The van der Waals surface area contributed by atoms with Gasteiger partial charge in [-0.25, -0.2) is 4.98 Å². The lowest BCUT2D eigenvalue weighted by Crippen LogP contribution is -2.38. The number of halogens is 4. The molecule has 4 nitrogen and oxygen atoms in total. The number of hydrogen-bond donors (Lipinski definition) is 0. The number of alkyl halides is 3. The van der Waals surface area contributed by atoms with Crippen molar-refractivity contribution in [2.24, 2.45) is 0 Å². The van der Waals surface area contributed by atoms with Crippen molar-refractivity contribution < 1.29 is 18.0 Å². The predicted molar refractivity (Wildman–Crippen MR) is 116 cm³/mol. The van der Waals surface area contributed by atoms with E-state index in [-0.39, 0.29) is 11.5 Å². The van der Waals surface area contributed by atoms with E-state index in [0.29, 0.717) is 28.8 Å². The molecule has 0 N–H and O–H groups in total. The van der Waals surface area contributed by atoms with Crippen LogP contribution in [-0.4, -0.2) is 42.0 Å². The number of nitrogens with zero attached hydrogens (tertiary/aromatic N) is 3. The van der Waals surface area contributed by atoms with E-state index in [1.165, 1.54) is 28.4 Å². The van der Waals surface area contributed by atoms with Crippen molar-refractivity contribution >= 4 is 44.2 Å². The fourth-order valence-electron chi connectivity index (χ4n) is 3.02. The topological polar surface area (TPSA) is 36.4 Å². The number of fused-ring (bicyclic) bond motifs is 1. The molecule has 0 saturated carbocycles. The number of amides is 1. The number of likely N-dealkylation sites (N-methyl/N-ethyl adjacent to an activating group) is 1. The highest BCUT2D eigenvalue weighted by molar-refractivity contribution is 7.22. The summed E-state index contributed by atoms with van der Waals surface area (Å²) in [5.41, 5.74) is 0.107. The second-order valence-corrected chi connectivity index (χ2v) is 8.11. The molecule has 9 heteroatoms. The van der Waals surface area contributed by atoms with Crippen LogP contribution >= 0.6 is 22.9 Å². The van der Waals surface area contributed by atoms with Gasteiger partial charge in [-0.05, 0) is 55.6 Å². The van der Waals surface area contributed by atoms with Crippen LogP contribution in [0.5, 0.6) is 0 Å². The lowest BCUT2D eigenvalue weighted by Gasteiger charge is -2.24. The molecule has 0 atom stereocenters. The summed E-state index contributed by atoms with van der Waals surface area (Å²) >= 11 is 7.39. The highest BCUT2D eigenvalue weighted by atomic mass is 35.5. The molecule has 0 aliphatic heterocycles. The first-order valence-electron chi connectivity index (χ1n) is 9.50. The molecular formula is C21H21ClF3N3OS. The van der Waals surface area contributed by atoms with Crippen molar-refractivity contribution in [1.29, 1.82) is 0 Å². The highest BCUT2D eigenvalue weighted by Gasteiger charge is 2.31. The lowest BCUT2D eigenvalue weighted by atomic mass is 10.1. The number of carbonyl (C=O) groups excluding carboxylic acids is 1. The fraction of sp³-hybridized carbons (Fsp3) is 0.333. The third-order valence-corrected chi connectivity index (χ3v) is 6.08. The maximum Gasteiger partial charge on any atom is 0.416 e. The lowest BCUT2D eigenvalue weighted by molar-refractivity contribution is -0.137. The largest absolute Gasteiger partial charge is 0.416 e. The molecule has 0 saturated heterocycles. The molecule has 160 valence electrons. The number of carbonyl (C=O) groups is 1. The molecule has 0 aliphatic rings. The summed E-state index contributed by atoms with van der Waals surface area (Å²) in [6, 6.07) is 9.55. The quantitative estimate of drug-likeness (QED) is 0.441. The molecule has 0 aliphatic carbocycles. The molecule has 0 bridgehead atoms. The van der Waals surface area contributed by atoms with Crippen LogP contribution in [0.2, 0.25) is 5.02 Å². The first-order chi connectivity index (χ1) is 14.2. The van der Waals surface area contributed by atoms with E-state index in [0.717, 1.165) is 29.9 Å². The van der Waals surface area contributed by atoms with Crippen LogP contribution in [-0.2, 0) is 6.18 Å². The second-order valence-electron chi connectivity index (χ2n) is 6.67. The van der Waals surface area contributed by atoms with Crippen LogP contribution < -0.4 is 4.90 Å². The Labute approximate surface area is 181 Å². The van der Waals surface area contributed by atoms with E-state index in [9.17, 15) is 18.0 Å². The third-order valence-electron chi connectivity index (χ3n) is 4.81. The van der Waals surface area contributed by atoms with Crippen LogP contribution in [0.25, 0.3) is 10.2 Å². The van der Waals surface area contributed by atoms with Gasteiger partial charge >= 0.3 is 6.18 Å². The van der Waals surface area contributed by atoms with Crippen molar-refractivity contribution in [2.75, 3.05) is 31.1 Å². The van der Waals surface area contributed by atoms with Crippen LogP contribution in [0.4, 0.5) is 18.3 Å². The van der Waals surface area contributed by atoms with Crippen molar-refractivity contribution in [1.82, 2.24) is 9.88 Å². The standard InChI is InChI=1S/C21H21ClF3N3OS/c1-3-27(4-2)11-12-28(20-26-17-10-9-16(22)13-18(17)30-20)19(29)14-5-7-15(8-6-14)21(23,24)25/h5-10,13H,3-4,11-12H2,1-2H3. The average Bonchev–Trinajstić information content (AvgIpc) is 3.13. The van der Waals surface area contributed by atoms with Gasteiger partial charge in [0.2, 0.25) is 0 Å². The molecule has 30 heavy (non-hydrogen) atoms. The Morgan fingerprint density at radius 3 is 2.33 bits per heavy atom. The van der Waals surface area contributed by atoms with Crippen LogP contribution in [0, 0.1) is 0 Å². The van der Waals surface area contributed by atoms with Gasteiger partial charge in [0.1, 0.15) is 0 Å². The van der Waals surface area contributed by atoms with Crippen molar-refractivity contribution in [3.8, 4) is 0 Å². The first kappa shape index (κ1) is 22.5. The van der Waals surface area contributed by atoms with Gasteiger partial charge in [-0.1, -0.05) is 36.8 Å². The summed E-state index contributed by atoms with van der Waals surface area (Å²) in [5.74, 6) is -0.388. The van der Waals surface area contributed by atoms with Crippen LogP contribution in [0.1, 0.15) is 29.8 Å². The number of thiazole rings is 1. The average molecular weight is 456 g/mol. The van der Waals surface area contributed by atoms with E-state index in [2.05, 4.69) is 9.88 Å². The Morgan fingerprint density at radius 2 is 1.73 bits per heavy atom. The Hall–Kier alpha value is -2.16. The molecular weight excluding hydrogens is 435 g/mol. The van der Waals surface area contributed by atoms with Crippen molar-refractivity contribution in [2.45, 2.75) is 20.0 Å². The summed E-state index contributed by atoms with van der Waals surface area (Å²) < 4.78 is 39.4. The number of hydrogen-bond acceptors (Lipinski definition) is 4. The summed E-state index contributed by atoms with van der Waals surface area (Å²) in [6.45, 7) is 6.71. The summed E-state index contributed by atoms with van der Waals surface area (Å²) in [4.78, 5) is 21.5. The van der Waals surface area contributed by atoms with Crippen molar-refractivity contribution in [3.63, 3.8) is 0 Å². The van der Waals surface area contributed by atoms with Gasteiger partial charge in [0.25, 0.3) is 5.91 Å². The zero-order valence-electron chi connectivity index (χ0n) is 16.5. The molecule has 0 unspecified atom stereocenters. The highest BCUT2D eigenvalue weighted by Crippen LogP contribution is 2.32. The van der Waals surface area contributed by atoms with E-state index < -0.39 is 11.7 Å². The number of anilines is 1. The number of benzene rings is 2. The molecule has 1 heterocycles. The van der Waals surface area contributed by atoms with E-state index in [1.807, 2.05) is 13.8 Å². The molecule has 3 rings (SSSR count). The third kappa shape index (κ3) is 5.11. The summed E-state index contributed by atoms with van der Waals surface area (Å²) in [7, 11) is 0. The Bertz CT molecular complexity index is 1020. The molecule has 0 spiro atoms. The van der Waals surface area contributed by atoms with Gasteiger partial charge < -0.3 is 4.90 Å². The van der Waals surface area contributed by atoms with Gasteiger partial charge in [-0.15, -0.1) is 0 Å². The Balaban J connectivity index is 1.94. The van der Waals surface area contributed by atoms with Crippen LogP contribution in [0.3, 0.4) is 0 Å². The number of rotatable bonds is 7. The van der Waals surface area contributed by atoms with Gasteiger partial charge in [0.05, 0.1) is 15.8 Å². The second kappa shape index (κ2) is 9.32. The van der Waals surface area contributed by atoms with Crippen molar-refractivity contribution in [3.05, 3.63) is 58.6 Å². The summed E-state index contributed by atoms with van der Waals surface area (Å²) in [6.07, 6.45) is -4.45. The monoisotopic (exact) mass is 455 g/mol. The smallest absolute Gasteiger partial charge is 0.302 e. The molecule has 0 radical (unpaired) electrons. The normalized spacial score (nSPS) is 12.0. The minimum absolute atomic E-state index is 0.180. The van der Waals surface area contributed by atoms with Gasteiger partial charge in [0.15, 0.2) is 5.13 Å². The molecule has 1 aromatic heterocycles. The minimum Gasteiger partial charge on any atom is -0.302 e. The zero-order valence-corrected chi connectivity index (χ0v) is 18.1. The minimum atomic E-state index is -4.45. The maximum atomic E-state index is 13.2. The van der Waals surface area contributed by atoms with E-state index in [1.54, 1.807) is 18.2 Å². The Kier molecular flexibility index (Phi) is 7.00. The van der Waals surface area contributed by atoms with E-state index in [4.69, 9.17) is 11.6 Å². The van der Waals surface area contributed by atoms with Gasteiger partial charge in [-0.3, -0.25) is 9.69 Å². The Morgan fingerprint density at radius 1 is 1.07 bits per heavy atom. The van der Waals surface area contributed by atoms with Gasteiger partial charge in [0, 0.05) is 23.7 Å². The first-order valence-corrected chi connectivity index (χ1v) is 10.7. The number of aromatic nitrogens is 1. The molecule has 2 aromatic carbocycles. The molecule has 3 aromatic rings. The summed E-state index contributed by atoms with van der Waals surface area (Å²) in [5, 5.41) is 1.06. The maximum absolute atomic E-state index is 13.2. The van der Waals surface area contributed by atoms with Crippen LogP contribution in [0.15, 0.2) is 42.5 Å². The van der Waals surface area contributed by atoms with E-state index >= 15 is 0 Å². The zero-order chi connectivity index (χ0) is 21.9. The molecule has 1 amide bonds.